The number of carbonyl (C=O) groups excluding carboxylic acids is 1. The number of aromatic nitrogens is 3. The Hall–Kier alpha value is -2.80. The van der Waals surface area contributed by atoms with Crippen LogP contribution >= 0.6 is 11.3 Å². The zero-order valence-electron chi connectivity index (χ0n) is 15.2. The molecule has 1 aliphatic heterocycles. The Labute approximate surface area is 162 Å². The molecule has 6 nitrogen and oxygen atoms in total. The lowest BCUT2D eigenvalue weighted by Crippen LogP contribution is -2.49. The van der Waals surface area contributed by atoms with E-state index in [2.05, 4.69) is 45.0 Å². The molecule has 0 saturated carbocycles. The monoisotopic (exact) mass is 379 g/mol. The molecule has 0 radical (unpaired) electrons. The van der Waals surface area contributed by atoms with E-state index in [0.717, 1.165) is 35.3 Å². The lowest BCUT2D eigenvalue weighted by molar-refractivity contribution is -0.130. The molecule has 27 heavy (non-hydrogen) atoms. The molecule has 1 aromatic carbocycles. The van der Waals surface area contributed by atoms with Gasteiger partial charge in [-0.2, -0.15) is 0 Å². The van der Waals surface area contributed by atoms with Crippen LogP contribution in [0.3, 0.4) is 0 Å². The van der Waals surface area contributed by atoms with Crippen LogP contribution in [0.15, 0.2) is 48.1 Å². The van der Waals surface area contributed by atoms with E-state index in [-0.39, 0.29) is 5.91 Å². The molecule has 7 heteroatoms. The van der Waals surface area contributed by atoms with Crippen molar-refractivity contribution in [2.75, 3.05) is 31.1 Å². The Morgan fingerprint density at radius 1 is 1.11 bits per heavy atom. The van der Waals surface area contributed by atoms with E-state index >= 15 is 0 Å². The highest BCUT2D eigenvalue weighted by Gasteiger charge is 2.23. The molecule has 3 heterocycles. The molecule has 0 aliphatic carbocycles. The van der Waals surface area contributed by atoms with Gasteiger partial charge in [-0.05, 0) is 19.1 Å². The van der Waals surface area contributed by atoms with E-state index < -0.39 is 0 Å². The molecule has 0 bridgehead atoms. The fraction of sp³-hybridized carbons (Fsp3) is 0.300. The maximum Gasteiger partial charge on any atom is 0.228 e. The van der Waals surface area contributed by atoms with Gasteiger partial charge >= 0.3 is 0 Å². The smallest absolute Gasteiger partial charge is 0.228 e. The van der Waals surface area contributed by atoms with Crippen molar-refractivity contribution in [1.82, 2.24) is 19.9 Å². The highest BCUT2D eigenvalue weighted by Crippen LogP contribution is 2.25. The average molecular weight is 379 g/mol. The Kier molecular flexibility index (Phi) is 5.11. The van der Waals surface area contributed by atoms with Crippen molar-refractivity contribution in [1.29, 1.82) is 0 Å². The molecule has 0 unspecified atom stereocenters. The topological polar surface area (TPSA) is 62.2 Å². The van der Waals surface area contributed by atoms with Gasteiger partial charge in [0.05, 0.1) is 12.1 Å². The predicted molar refractivity (Wildman–Crippen MR) is 107 cm³/mol. The number of piperazine rings is 1. The standard InChI is InChI=1S/C20H21N5OS/c1-15-4-2-5-16(12-15)19-23-17(14-27-19)13-18(26)24-8-10-25(11-9-24)20-21-6-3-7-22-20/h2-7,12,14H,8-11,13H2,1H3. The Bertz CT molecular complexity index is 919. The summed E-state index contributed by atoms with van der Waals surface area (Å²) in [6, 6.07) is 10.1. The SMILES string of the molecule is Cc1cccc(-c2nc(CC(=O)N3CCN(c4ncccn4)CC3)cs2)c1. The third-order valence-electron chi connectivity index (χ3n) is 4.62. The Morgan fingerprint density at radius 3 is 2.63 bits per heavy atom. The van der Waals surface area contributed by atoms with E-state index in [1.54, 1.807) is 23.7 Å². The van der Waals surface area contributed by atoms with E-state index in [9.17, 15) is 4.79 Å². The van der Waals surface area contributed by atoms with Crippen LogP contribution in [0.1, 0.15) is 11.3 Å². The summed E-state index contributed by atoms with van der Waals surface area (Å²) in [7, 11) is 0. The summed E-state index contributed by atoms with van der Waals surface area (Å²) in [5.74, 6) is 0.858. The van der Waals surface area contributed by atoms with Crippen molar-refractivity contribution in [3.63, 3.8) is 0 Å². The molecule has 1 amide bonds. The van der Waals surface area contributed by atoms with Gasteiger partial charge in [0.1, 0.15) is 5.01 Å². The zero-order chi connectivity index (χ0) is 18.6. The summed E-state index contributed by atoms with van der Waals surface area (Å²) >= 11 is 1.59. The summed E-state index contributed by atoms with van der Waals surface area (Å²) < 4.78 is 0. The van der Waals surface area contributed by atoms with Crippen LogP contribution < -0.4 is 4.90 Å². The Morgan fingerprint density at radius 2 is 1.89 bits per heavy atom. The van der Waals surface area contributed by atoms with Gasteiger partial charge in [-0.1, -0.05) is 23.8 Å². The summed E-state index contributed by atoms with van der Waals surface area (Å²) in [5, 5.41) is 2.96. The van der Waals surface area contributed by atoms with Gasteiger partial charge in [0.25, 0.3) is 0 Å². The van der Waals surface area contributed by atoms with Gasteiger partial charge in [0.2, 0.25) is 11.9 Å². The second-order valence-corrected chi connectivity index (χ2v) is 7.46. The molecule has 0 atom stereocenters. The van der Waals surface area contributed by atoms with Gasteiger partial charge in [0, 0.05) is 49.5 Å². The number of hydrogen-bond acceptors (Lipinski definition) is 6. The number of aryl methyl sites for hydroxylation is 1. The van der Waals surface area contributed by atoms with Crippen LogP contribution in [-0.4, -0.2) is 51.9 Å². The number of anilines is 1. The molecule has 3 aromatic rings. The first-order valence-electron chi connectivity index (χ1n) is 9.00. The number of hydrogen-bond donors (Lipinski definition) is 0. The van der Waals surface area contributed by atoms with Gasteiger partial charge in [-0.15, -0.1) is 11.3 Å². The number of rotatable bonds is 4. The maximum atomic E-state index is 12.7. The van der Waals surface area contributed by atoms with Crippen molar-refractivity contribution < 1.29 is 4.79 Å². The van der Waals surface area contributed by atoms with E-state index in [1.165, 1.54) is 5.56 Å². The molecule has 138 valence electrons. The van der Waals surface area contributed by atoms with Crippen LogP contribution in [0.25, 0.3) is 10.6 Å². The average Bonchev–Trinajstić information content (AvgIpc) is 3.17. The lowest BCUT2D eigenvalue weighted by Gasteiger charge is -2.34. The fourth-order valence-corrected chi connectivity index (χ4v) is 3.99. The highest BCUT2D eigenvalue weighted by molar-refractivity contribution is 7.13. The largest absolute Gasteiger partial charge is 0.339 e. The minimum absolute atomic E-state index is 0.129. The van der Waals surface area contributed by atoms with Crippen molar-refractivity contribution >= 4 is 23.2 Å². The van der Waals surface area contributed by atoms with Crippen molar-refractivity contribution in [2.24, 2.45) is 0 Å². The minimum Gasteiger partial charge on any atom is -0.339 e. The van der Waals surface area contributed by atoms with E-state index in [4.69, 9.17) is 0 Å². The first kappa shape index (κ1) is 17.6. The number of carbonyl (C=O) groups is 1. The Balaban J connectivity index is 1.35. The molecule has 1 aliphatic rings. The molecule has 1 saturated heterocycles. The lowest BCUT2D eigenvalue weighted by atomic mass is 10.1. The van der Waals surface area contributed by atoms with Crippen molar-refractivity contribution in [2.45, 2.75) is 13.3 Å². The second-order valence-electron chi connectivity index (χ2n) is 6.61. The number of nitrogens with zero attached hydrogens (tertiary/aromatic N) is 5. The van der Waals surface area contributed by atoms with Gasteiger partial charge in [-0.25, -0.2) is 15.0 Å². The summed E-state index contributed by atoms with van der Waals surface area (Å²) in [6.07, 6.45) is 3.84. The maximum absolute atomic E-state index is 12.7. The zero-order valence-corrected chi connectivity index (χ0v) is 16.0. The van der Waals surface area contributed by atoms with Crippen molar-refractivity contribution in [3.05, 3.63) is 59.4 Å². The molecule has 4 rings (SSSR count). The summed E-state index contributed by atoms with van der Waals surface area (Å²) in [4.78, 5) is 29.9. The molecular weight excluding hydrogens is 358 g/mol. The first-order valence-corrected chi connectivity index (χ1v) is 9.88. The third-order valence-corrected chi connectivity index (χ3v) is 5.56. The number of thiazole rings is 1. The second kappa shape index (κ2) is 7.84. The van der Waals surface area contributed by atoms with Crippen LogP contribution in [-0.2, 0) is 11.2 Å². The first-order chi connectivity index (χ1) is 13.2. The summed E-state index contributed by atoms with van der Waals surface area (Å²) in [5.41, 5.74) is 3.16. The quantitative estimate of drug-likeness (QED) is 0.698. The molecule has 0 N–H and O–H groups in total. The fourth-order valence-electron chi connectivity index (χ4n) is 3.18. The van der Waals surface area contributed by atoms with E-state index in [1.807, 2.05) is 22.4 Å². The van der Waals surface area contributed by atoms with Crippen LogP contribution in [0.5, 0.6) is 0 Å². The molecular formula is C20H21N5OS. The molecule has 0 spiro atoms. The van der Waals surface area contributed by atoms with Crippen LogP contribution in [0.4, 0.5) is 5.95 Å². The van der Waals surface area contributed by atoms with Gasteiger partial charge in [-0.3, -0.25) is 4.79 Å². The van der Waals surface area contributed by atoms with Crippen LogP contribution in [0, 0.1) is 6.92 Å². The minimum atomic E-state index is 0.129. The van der Waals surface area contributed by atoms with Crippen molar-refractivity contribution in [3.8, 4) is 10.6 Å². The van der Waals surface area contributed by atoms with Gasteiger partial charge < -0.3 is 9.80 Å². The third kappa shape index (κ3) is 4.14. The molecule has 2 aromatic heterocycles. The number of amides is 1. The number of benzene rings is 1. The van der Waals surface area contributed by atoms with E-state index in [0.29, 0.717) is 19.5 Å². The predicted octanol–water partition coefficient (Wildman–Crippen LogP) is 2.80. The van der Waals surface area contributed by atoms with Gasteiger partial charge in [0.15, 0.2) is 0 Å². The molecule has 1 fully saturated rings. The van der Waals surface area contributed by atoms with Crippen LogP contribution in [0.2, 0.25) is 0 Å². The highest BCUT2D eigenvalue weighted by atomic mass is 32.1. The normalized spacial score (nSPS) is 14.4. The summed E-state index contributed by atoms with van der Waals surface area (Å²) in [6.45, 7) is 4.95.